The minimum absolute atomic E-state index is 0.362. The molecule has 0 rings (SSSR count). The number of allylic oxidation sites excluding steroid dienone is 6. The molecule has 0 bridgehead atoms. The minimum Gasteiger partial charge on any atom is -0.394 e. The third-order valence-electron chi connectivity index (χ3n) is 13.8. The quantitative estimate of drug-likeness (QED) is 0.0308. The number of unbranched alkanes of at least 4 members (excludes halogenated alkanes) is 39. The Hall–Kier alpha value is -1.47. The van der Waals surface area contributed by atoms with Gasteiger partial charge in [0, 0.05) is 0 Å². The molecule has 0 aromatic rings. The van der Waals surface area contributed by atoms with Crippen LogP contribution in [0.3, 0.4) is 0 Å². The average Bonchev–Trinajstić information content (AvgIpc) is 3.32. The van der Waals surface area contributed by atoms with Crippen LogP contribution in [0.15, 0.2) is 36.5 Å². The van der Waals surface area contributed by atoms with Crippen molar-refractivity contribution in [2.75, 3.05) is 6.61 Å². The molecule has 0 saturated heterocycles. The smallest absolute Gasteiger partial charge is 0.249 e. The van der Waals surface area contributed by atoms with Crippen molar-refractivity contribution in [2.45, 2.75) is 334 Å². The summed E-state index contributed by atoms with van der Waals surface area (Å²) in [5.41, 5.74) is 0. The van der Waals surface area contributed by atoms with Gasteiger partial charge in [-0.1, -0.05) is 281 Å². The standard InChI is InChI=1S/C60H115NO5/c1-3-5-7-9-11-13-15-17-19-21-23-25-26-27-28-29-30-31-32-33-34-36-37-39-41-43-45-47-49-51-53-57(63)59(65)56(55-62)61-60(66)58(64)54-52-50-48-46-44-42-40-38-35-24-22-20-18-16-14-12-10-8-6-4-2/h32-33,37,39,45,47,56-59,62-65H,3-31,34-36,38,40-44,46,48-55H2,1-2H3,(H,61,66)/b33-32+,39-37+,47-45+. The van der Waals surface area contributed by atoms with Crippen LogP contribution in [-0.4, -0.2) is 57.3 Å². The molecule has 6 heteroatoms. The first kappa shape index (κ1) is 64.5. The Balaban J connectivity index is 3.68. The molecule has 0 radical (unpaired) electrons. The van der Waals surface area contributed by atoms with Gasteiger partial charge in [0.25, 0.3) is 0 Å². The van der Waals surface area contributed by atoms with Crippen LogP contribution < -0.4 is 5.32 Å². The summed E-state index contributed by atoms with van der Waals surface area (Å²) in [6.45, 7) is 4.07. The summed E-state index contributed by atoms with van der Waals surface area (Å²) >= 11 is 0. The number of amides is 1. The SMILES string of the molecule is CCCCCCCCCCCCCCCCCCC/C=C/CC/C=C/CC/C=C/CCCC(O)C(O)C(CO)NC(=O)C(O)CCCCCCCCCCCCCCCCCCCCCC. The second kappa shape index (κ2) is 54.5. The molecule has 4 atom stereocenters. The predicted molar refractivity (Wildman–Crippen MR) is 288 cm³/mol. The molecule has 0 fully saturated rings. The van der Waals surface area contributed by atoms with Crippen LogP contribution in [0.25, 0.3) is 0 Å². The molecule has 0 aliphatic rings. The molecule has 390 valence electrons. The molecule has 0 spiro atoms. The van der Waals surface area contributed by atoms with Gasteiger partial charge in [-0.3, -0.25) is 4.79 Å². The van der Waals surface area contributed by atoms with Crippen LogP contribution in [-0.2, 0) is 4.79 Å². The number of hydrogen-bond donors (Lipinski definition) is 5. The van der Waals surface area contributed by atoms with E-state index in [-0.39, 0.29) is 0 Å². The van der Waals surface area contributed by atoms with E-state index in [1.807, 2.05) is 0 Å². The fraction of sp³-hybridized carbons (Fsp3) is 0.883. The summed E-state index contributed by atoms with van der Waals surface area (Å²) in [6, 6.07) is -1.01. The van der Waals surface area contributed by atoms with Crippen molar-refractivity contribution in [3.63, 3.8) is 0 Å². The molecule has 4 unspecified atom stereocenters. The maximum atomic E-state index is 12.6. The number of hydrogen-bond acceptors (Lipinski definition) is 5. The highest BCUT2D eigenvalue weighted by molar-refractivity contribution is 5.80. The molecule has 0 aliphatic heterocycles. The lowest BCUT2D eigenvalue weighted by atomic mass is 10.00. The van der Waals surface area contributed by atoms with E-state index in [9.17, 15) is 25.2 Å². The fourth-order valence-corrected chi connectivity index (χ4v) is 9.20. The molecule has 0 saturated carbocycles. The Bertz CT molecular complexity index is 1040. The zero-order valence-corrected chi connectivity index (χ0v) is 44.2. The van der Waals surface area contributed by atoms with Crippen molar-refractivity contribution in [1.82, 2.24) is 5.32 Å². The van der Waals surface area contributed by atoms with Crippen molar-refractivity contribution >= 4 is 5.91 Å². The maximum Gasteiger partial charge on any atom is 0.249 e. The van der Waals surface area contributed by atoms with Crippen LogP contribution in [0.4, 0.5) is 0 Å². The van der Waals surface area contributed by atoms with E-state index in [0.717, 1.165) is 51.4 Å². The van der Waals surface area contributed by atoms with Crippen LogP contribution in [0, 0.1) is 0 Å². The Kier molecular flexibility index (Phi) is 53.3. The second-order valence-electron chi connectivity index (χ2n) is 20.3. The largest absolute Gasteiger partial charge is 0.394 e. The number of carbonyl (C=O) groups excluding carboxylic acids is 1. The van der Waals surface area contributed by atoms with E-state index in [4.69, 9.17) is 0 Å². The first-order valence-corrected chi connectivity index (χ1v) is 29.4. The van der Waals surface area contributed by atoms with Gasteiger partial charge < -0.3 is 25.7 Å². The van der Waals surface area contributed by atoms with E-state index in [0.29, 0.717) is 19.3 Å². The molecule has 0 aromatic carbocycles. The zero-order chi connectivity index (χ0) is 48.1. The summed E-state index contributed by atoms with van der Waals surface area (Å²) in [5, 5.41) is 44.0. The van der Waals surface area contributed by atoms with E-state index in [1.165, 1.54) is 225 Å². The van der Waals surface area contributed by atoms with Gasteiger partial charge in [-0.15, -0.1) is 0 Å². The highest BCUT2D eigenvalue weighted by Crippen LogP contribution is 2.18. The number of aliphatic hydroxyl groups excluding tert-OH is 4. The Morgan fingerprint density at radius 1 is 0.364 bits per heavy atom. The van der Waals surface area contributed by atoms with Gasteiger partial charge >= 0.3 is 0 Å². The Morgan fingerprint density at radius 3 is 0.955 bits per heavy atom. The molecular weight excluding hydrogens is 815 g/mol. The first-order chi connectivity index (χ1) is 32.5. The monoisotopic (exact) mass is 930 g/mol. The van der Waals surface area contributed by atoms with Crippen LogP contribution >= 0.6 is 0 Å². The van der Waals surface area contributed by atoms with Crippen molar-refractivity contribution < 1.29 is 25.2 Å². The van der Waals surface area contributed by atoms with Crippen molar-refractivity contribution in [1.29, 1.82) is 0 Å². The number of rotatable bonds is 54. The van der Waals surface area contributed by atoms with Gasteiger partial charge in [0.1, 0.15) is 12.2 Å². The molecule has 0 heterocycles. The molecule has 1 amide bonds. The van der Waals surface area contributed by atoms with Crippen molar-refractivity contribution in [3.8, 4) is 0 Å². The first-order valence-electron chi connectivity index (χ1n) is 29.4. The molecule has 5 N–H and O–H groups in total. The summed E-state index contributed by atoms with van der Waals surface area (Å²) in [4.78, 5) is 12.6. The zero-order valence-electron chi connectivity index (χ0n) is 44.2. The third-order valence-corrected chi connectivity index (χ3v) is 13.8. The van der Waals surface area contributed by atoms with Gasteiger partial charge in [-0.25, -0.2) is 0 Å². The van der Waals surface area contributed by atoms with Crippen molar-refractivity contribution in [3.05, 3.63) is 36.5 Å². The number of carbonyl (C=O) groups is 1. The topological polar surface area (TPSA) is 110 Å². The second-order valence-corrected chi connectivity index (χ2v) is 20.3. The average molecular weight is 931 g/mol. The highest BCUT2D eigenvalue weighted by Gasteiger charge is 2.28. The normalized spacial score (nSPS) is 14.0. The summed E-state index contributed by atoms with van der Waals surface area (Å²) in [6.07, 6.45) is 68.0. The third kappa shape index (κ3) is 47.6. The molecule has 0 aromatic heterocycles. The van der Waals surface area contributed by atoms with Crippen LogP contribution in [0.1, 0.15) is 309 Å². The van der Waals surface area contributed by atoms with E-state index in [2.05, 4.69) is 55.6 Å². The number of aliphatic hydroxyl groups is 4. The molecule has 0 aliphatic carbocycles. The highest BCUT2D eigenvalue weighted by atomic mass is 16.3. The van der Waals surface area contributed by atoms with E-state index >= 15 is 0 Å². The van der Waals surface area contributed by atoms with E-state index in [1.54, 1.807) is 0 Å². The van der Waals surface area contributed by atoms with Gasteiger partial charge in [0.05, 0.1) is 18.8 Å². The van der Waals surface area contributed by atoms with Gasteiger partial charge in [0.15, 0.2) is 0 Å². The number of nitrogens with one attached hydrogen (secondary N) is 1. The summed E-state index contributed by atoms with van der Waals surface area (Å²) in [5.74, 6) is -0.595. The lowest BCUT2D eigenvalue weighted by Gasteiger charge is -2.27. The van der Waals surface area contributed by atoms with Crippen LogP contribution in [0.5, 0.6) is 0 Å². The van der Waals surface area contributed by atoms with Gasteiger partial charge in [-0.2, -0.15) is 0 Å². The Labute approximate surface area is 411 Å². The minimum atomic E-state index is -1.29. The summed E-state index contributed by atoms with van der Waals surface area (Å²) < 4.78 is 0. The predicted octanol–water partition coefficient (Wildman–Crippen LogP) is 17.2. The van der Waals surface area contributed by atoms with Gasteiger partial charge in [-0.05, 0) is 64.2 Å². The maximum absolute atomic E-state index is 12.6. The molecule has 6 nitrogen and oxygen atoms in total. The summed E-state index contributed by atoms with van der Waals surface area (Å²) in [7, 11) is 0. The Morgan fingerprint density at radius 2 is 0.636 bits per heavy atom. The van der Waals surface area contributed by atoms with Crippen LogP contribution in [0.2, 0.25) is 0 Å². The van der Waals surface area contributed by atoms with Crippen molar-refractivity contribution in [2.24, 2.45) is 0 Å². The van der Waals surface area contributed by atoms with E-state index < -0.39 is 36.9 Å². The lowest BCUT2D eigenvalue weighted by Crippen LogP contribution is -2.53. The molecule has 66 heavy (non-hydrogen) atoms. The fourth-order valence-electron chi connectivity index (χ4n) is 9.20. The van der Waals surface area contributed by atoms with Gasteiger partial charge in [0.2, 0.25) is 5.91 Å². The molecular formula is C60H115NO5. The lowest BCUT2D eigenvalue weighted by molar-refractivity contribution is -0.132.